The van der Waals surface area contributed by atoms with Gasteiger partial charge in [0, 0.05) is 12.5 Å². The van der Waals surface area contributed by atoms with E-state index in [9.17, 15) is 18.0 Å². The Balaban J connectivity index is 2.53. The van der Waals surface area contributed by atoms with Gasteiger partial charge in [0.2, 0.25) is 5.91 Å². The molecule has 0 radical (unpaired) electrons. The van der Waals surface area contributed by atoms with Crippen molar-refractivity contribution >= 4 is 5.91 Å². The van der Waals surface area contributed by atoms with Crippen LogP contribution in [0.25, 0.3) is 0 Å². The van der Waals surface area contributed by atoms with Crippen molar-refractivity contribution < 1.29 is 18.0 Å². The molecule has 0 saturated heterocycles. The molecular formula is C12H21F3N2O. The summed E-state index contributed by atoms with van der Waals surface area (Å²) in [5.74, 6) is -1.02. The van der Waals surface area contributed by atoms with Gasteiger partial charge < -0.3 is 11.1 Å². The number of nitrogens with one attached hydrogen (secondary N) is 1. The van der Waals surface area contributed by atoms with Crippen molar-refractivity contribution in [2.75, 3.05) is 0 Å². The van der Waals surface area contributed by atoms with Crippen LogP contribution in [0, 0.1) is 5.92 Å². The quantitative estimate of drug-likeness (QED) is 0.802. The van der Waals surface area contributed by atoms with Gasteiger partial charge in [-0.3, -0.25) is 4.79 Å². The number of nitrogens with two attached hydrogens (primary N) is 1. The number of carbonyl (C=O) groups excluding carboxylic acids is 1. The molecule has 106 valence electrons. The number of halogens is 3. The molecule has 1 fully saturated rings. The molecule has 2 unspecified atom stereocenters. The minimum Gasteiger partial charge on any atom is -0.344 e. The maximum atomic E-state index is 12.9. The van der Waals surface area contributed by atoms with Gasteiger partial charge in [-0.2, -0.15) is 13.2 Å². The fourth-order valence-electron chi connectivity index (χ4n) is 2.36. The summed E-state index contributed by atoms with van der Waals surface area (Å²) in [7, 11) is 0. The van der Waals surface area contributed by atoms with Crippen LogP contribution in [0.3, 0.4) is 0 Å². The first-order valence-corrected chi connectivity index (χ1v) is 6.42. The van der Waals surface area contributed by atoms with E-state index in [0.29, 0.717) is 19.3 Å². The molecule has 3 N–H and O–H groups in total. The lowest BCUT2D eigenvalue weighted by Crippen LogP contribution is -2.49. The molecule has 0 aromatic heterocycles. The van der Waals surface area contributed by atoms with Crippen molar-refractivity contribution in [2.24, 2.45) is 11.7 Å². The summed E-state index contributed by atoms with van der Waals surface area (Å²) in [5, 5.41) is 2.13. The van der Waals surface area contributed by atoms with Gasteiger partial charge in [-0.1, -0.05) is 12.8 Å². The van der Waals surface area contributed by atoms with E-state index in [1.165, 1.54) is 0 Å². The Morgan fingerprint density at radius 3 is 2.39 bits per heavy atom. The molecule has 2 atom stereocenters. The Bertz CT molecular complexity index is 273. The molecule has 6 heteroatoms. The fraction of sp³-hybridized carbons (Fsp3) is 0.917. The van der Waals surface area contributed by atoms with Crippen molar-refractivity contribution in [2.45, 2.75) is 63.7 Å². The summed E-state index contributed by atoms with van der Waals surface area (Å²) in [6.07, 6.45) is -1.20. The van der Waals surface area contributed by atoms with Crippen LogP contribution in [0.1, 0.15) is 45.4 Å². The van der Waals surface area contributed by atoms with Gasteiger partial charge in [0.05, 0.1) is 0 Å². The maximum absolute atomic E-state index is 12.9. The van der Waals surface area contributed by atoms with Crippen molar-refractivity contribution in [3.8, 4) is 0 Å². The minimum atomic E-state index is -4.36. The van der Waals surface area contributed by atoms with E-state index in [1.807, 2.05) is 0 Å². The standard InChI is InChI=1S/C12H21F3N2O/c1-8(16)6-7-10(18)17-11(12(13,14)15)9-4-2-3-5-9/h8-9,11H,2-7,16H2,1H3,(H,17,18). The van der Waals surface area contributed by atoms with Crippen LogP contribution in [-0.4, -0.2) is 24.2 Å². The van der Waals surface area contributed by atoms with Gasteiger partial charge in [-0.05, 0) is 32.1 Å². The molecule has 0 aliphatic heterocycles. The van der Waals surface area contributed by atoms with E-state index >= 15 is 0 Å². The van der Waals surface area contributed by atoms with Gasteiger partial charge in [0.15, 0.2) is 0 Å². The monoisotopic (exact) mass is 266 g/mol. The Hall–Kier alpha value is -0.780. The summed E-state index contributed by atoms with van der Waals surface area (Å²) >= 11 is 0. The third-order valence-electron chi connectivity index (χ3n) is 3.37. The number of carbonyl (C=O) groups is 1. The molecule has 1 amide bonds. The van der Waals surface area contributed by atoms with Crippen molar-refractivity contribution in [1.82, 2.24) is 5.32 Å². The van der Waals surface area contributed by atoms with Gasteiger partial charge in [0.1, 0.15) is 6.04 Å². The van der Waals surface area contributed by atoms with Gasteiger partial charge in [-0.15, -0.1) is 0 Å². The number of alkyl halides is 3. The van der Waals surface area contributed by atoms with Gasteiger partial charge in [-0.25, -0.2) is 0 Å². The highest BCUT2D eigenvalue weighted by Crippen LogP contribution is 2.35. The summed E-state index contributed by atoms with van der Waals surface area (Å²) in [6.45, 7) is 1.73. The second kappa shape index (κ2) is 6.41. The normalized spacial score (nSPS) is 20.7. The number of hydrogen-bond acceptors (Lipinski definition) is 2. The van der Waals surface area contributed by atoms with E-state index < -0.39 is 24.0 Å². The molecule has 1 aliphatic carbocycles. The molecular weight excluding hydrogens is 245 g/mol. The largest absolute Gasteiger partial charge is 0.408 e. The zero-order valence-electron chi connectivity index (χ0n) is 10.6. The molecule has 1 saturated carbocycles. The average Bonchev–Trinajstić information content (AvgIpc) is 2.74. The Kier molecular flexibility index (Phi) is 5.44. The SMILES string of the molecule is CC(N)CCC(=O)NC(C1CCCC1)C(F)(F)F. The maximum Gasteiger partial charge on any atom is 0.408 e. The Morgan fingerprint density at radius 2 is 1.94 bits per heavy atom. The molecule has 1 rings (SSSR count). The highest BCUT2D eigenvalue weighted by Gasteiger charge is 2.46. The lowest BCUT2D eigenvalue weighted by molar-refractivity contribution is -0.171. The highest BCUT2D eigenvalue weighted by atomic mass is 19.4. The number of rotatable bonds is 5. The molecule has 0 bridgehead atoms. The molecule has 0 spiro atoms. The Morgan fingerprint density at radius 1 is 1.39 bits per heavy atom. The summed E-state index contributed by atoms with van der Waals surface area (Å²) < 4.78 is 38.7. The molecule has 0 heterocycles. The molecule has 18 heavy (non-hydrogen) atoms. The topological polar surface area (TPSA) is 55.1 Å². The number of amides is 1. The lowest BCUT2D eigenvalue weighted by atomic mass is 9.97. The first kappa shape index (κ1) is 15.3. The lowest BCUT2D eigenvalue weighted by Gasteiger charge is -2.27. The first-order valence-electron chi connectivity index (χ1n) is 6.42. The summed E-state index contributed by atoms with van der Waals surface area (Å²) in [6, 6.07) is -1.87. The van der Waals surface area contributed by atoms with Crippen molar-refractivity contribution in [3.05, 3.63) is 0 Å². The summed E-state index contributed by atoms with van der Waals surface area (Å²) in [4.78, 5) is 11.5. The van der Waals surface area contributed by atoms with Crippen LogP contribution >= 0.6 is 0 Å². The van der Waals surface area contributed by atoms with Crippen molar-refractivity contribution in [3.63, 3.8) is 0 Å². The molecule has 0 aromatic carbocycles. The van der Waals surface area contributed by atoms with E-state index in [4.69, 9.17) is 5.73 Å². The van der Waals surface area contributed by atoms with E-state index in [1.54, 1.807) is 6.92 Å². The predicted molar refractivity (Wildman–Crippen MR) is 62.8 cm³/mol. The third-order valence-corrected chi connectivity index (χ3v) is 3.37. The second-order valence-corrected chi connectivity index (χ2v) is 5.15. The number of hydrogen-bond donors (Lipinski definition) is 2. The van der Waals surface area contributed by atoms with E-state index in [2.05, 4.69) is 5.32 Å². The van der Waals surface area contributed by atoms with E-state index in [-0.39, 0.29) is 12.5 Å². The minimum absolute atomic E-state index is 0.0525. The predicted octanol–water partition coefficient (Wildman–Crippen LogP) is 2.35. The van der Waals surface area contributed by atoms with Crippen LogP contribution < -0.4 is 11.1 Å². The average molecular weight is 266 g/mol. The van der Waals surface area contributed by atoms with Gasteiger partial charge >= 0.3 is 6.18 Å². The van der Waals surface area contributed by atoms with Crippen LogP contribution in [0.5, 0.6) is 0 Å². The fourth-order valence-corrected chi connectivity index (χ4v) is 2.36. The smallest absolute Gasteiger partial charge is 0.344 e. The second-order valence-electron chi connectivity index (χ2n) is 5.15. The zero-order valence-corrected chi connectivity index (χ0v) is 10.6. The van der Waals surface area contributed by atoms with Crippen LogP contribution in [0.15, 0.2) is 0 Å². The third kappa shape index (κ3) is 4.84. The molecule has 3 nitrogen and oxygen atoms in total. The zero-order chi connectivity index (χ0) is 13.8. The Labute approximate surface area is 105 Å². The highest BCUT2D eigenvalue weighted by molar-refractivity contribution is 5.76. The van der Waals surface area contributed by atoms with Crippen LogP contribution in [-0.2, 0) is 4.79 Å². The van der Waals surface area contributed by atoms with Crippen LogP contribution in [0.2, 0.25) is 0 Å². The van der Waals surface area contributed by atoms with E-state index in [0.717, 1.165) is 12.8 Å². The molecule has 1 aliphatic rings. The van der Waals surface area contributed by atoms with Crippen molar-refractivity contribution in [1.29, 1.82) is 0 Å². The molecule has 0 aromatic rings. The van der Waals surface area contributed by atoms with Gasteiger partial charge in [0.25, 0.3) is 0 Å². The first-order chi connectivity index (χ1) is 8.30. The summed E-state index contributed by atoms with van der Waals surface area (Å²) in [5.41, 5.74) is 5.48. The van der Waals surface area contributed by atoms with Crippen LogP contribution in [0.4, 0.5) is 13.2 Å².